The lowest BCUT2D eigenvalue weighted by Crippen LogP contribution is -2.33. The fourth-order valence-electron chi connectivity index (χ4n) is 3.57. The van der Waals surface area contributed by atoms with Crippen molar-refractivity contribution in [2.75, 3.05) is 19.6 Å². The van der Waals surface area contributed by atoms with Gasteiger partial charge in [-0.3, -0.25) is 9.69 Å². The molecule has 2 aliphatic heterocycles. The third kappa shape index (κ3) is 6.07. The second-order valence-corrected chi connectivity index (χ2v) is 8.39. The molecule has 0 saturated carbocycles. The molecule has 172 valence electrons. The van der Waals surface area contributed by atoms with Crippen LogP contribution in [-0.4, -0.2) is 35.6 Å². The lowest BCUT2D eigenvalue weighted by molar-refractivity contribution is -0.143. The molecule has 0 radical (unpaired) electrons. The van der Waals surface area contributed by atoms with Gasteiger partial charge in [0.15, 0.2) is 0 Å². The number of hydrogen-bond donors (Lipinski definition) is 1. The van der Waals surface area contributed by atoms with E-state index >= 15 is 0 Å². The summed E-state index contributed by atoms with van der Waals surface area (Å²) in [5.41, 5.74) is -2.77. The summed E-state index contributed by atoms with van der Waals surface area (Å²) in [7, 11) is 0. The summed E-state index contributed by atoms with van der Waals surface area (Å²) in [6, 6.07) is 1.76. The number of carbonyl (C=O) groups is 1. The van der Waals surface area contributed by atoms with Gasteiger partial charge in [-0.2, -0.15) is 31.3 Å². The zero-order chi connectivity index (χ0) is 23.5. The minimum atomic E-state index is -4.88. The van der Waals surface area contributed by atoms with E-state index in [0.29, 0.717) is 42.7 Å². The van der Waals surface area contributed by atoms with E-state index in [1.165, 1.54) is 0 Å². The average Bonchev–Trinajstić information content (AvgIpc) is 3.05. The largest absolute Gasteiger partial charge is 0.416 e. The maximum absolute atomic E-state index is 13.4. The molecule has 0 bridgehead atoms. The number of aliphatic imine (C=N–C) groups is 1. The number of piperidine rings is 1. The molecule has 0 unspecified atom stereocenters. The monoisotopic (exact) mass is 475 g/mol. The summed E-state index contributed by atoms with van der Waals surface area (Å²) < 4.78 is 78.6. The standard InChI is InChI=1S/C21H19F6N3OS/c1-2-7-28-18-17(32-19(31)29-18)10-13-5-8-30(9-6-13)12-14-3-4-15(20(22,23)24)11-16(14)21(25,26)27/h1,3-4,10-11,13H,5-9,12H2,(H,28,29,31). The minimum absolute atomic E-state index is 0.0900. The second kappa shape index (κ2) is 9.58. The van der Waals surface area contributed by atoms with E-state index in [1.54, 1.807) is 4.90 Å². The van der Waals surface area contributed by atoms with Crippen LogP contribution in [0.25, 0.3) is 0 Å². The van der Waals surface area contributed by atoms with Crippen molar-refractivity contribution in [2.24, 2.45) is 10.9 Å². The number of amidine groups is 1. The molecular formula is C21H19F6N3OS. The van der Waals surface area contributed by atoms with Crippen molar-refractivity contribution in [3.05, 3.63) is 45.9 Å². The van der Waals surface area contributed by atoms with E-state index in [2.05, 4.69) is 16.2 Å². The van der Waals surface area contributed by atoms with Gasteiger partial charge >= 0.3 is 17.6 Å². The van der Waals surface area contributed by atoms with Crippen LogP contribution in [-0.2, 0) is 18.9 Å². The van der Waals surface area contributed by atoms with Crippen LogP contribution in [0.5, 0.6) is 0 Å². The quantitative estimate of drug-likeness (QED) is 0.474. The zero-order valence-corrected chi connectivity index (χ0v) is 17.5. The maximum atomic E-state index is 13.4. The van der Waals surface area contributed by atoms with Crippen molar-refractivity contribution in [1.29, 1.82) is 0 Å². The molecule has 0 aliphatic carbocycles. The Balaban J connectivity index is 1.66. The first-order valence-electron chi connectivity index (χ1n) is 9.67. The van der Waals surface area contributed by atoms with Crippen molar-refractivity contribution in [3.63, 3.8) is 0 Å². The van der Waals surface area contributed by atoms with E-state index in [9.17, 15) is 31.1 Å². The second-order valence-electron chi connectivity index (χ2n) is 7.40. The van der Waals surface area contributed by atoms with Crippen LogP contribution in [0.15, 0.2) is 34.2 Å². The van der Waals surface area contributed by atoms with Crippen molar-refractivity contribution in [1.82, 2.24) is 10.2 Å². The van der Waals surface area contributed by atoms with Crippen molar-refractivity contribution in [2.45, 2.75) is 31.7 Å². The summed E-state index contributed by atoms with van der Waals surface area (Å²) in [4.78, 5) is 17.9. The molecule has 4 nitrogen and oxygen atoms in total. The first-order valence-corrected chi connectivity index (χ1v) is 10.5. The molecular weight excluding hydrogens is 456 g/mol. The number of carbonyl (C=O) groups excluding carboxylic acids is 1. The number of nitrogens with one attached hydrogen (secondary N) is 1. The highest BCUT2D eigenvalue weighted by Gasteiger charge is 2.38. The molecule has 32 heavy (non-hydrogen) atoms. The number of thioether (sulfide) groups is 1. The first kappa shape index (κ1) is 24.2. The predicted molar refractivity (Wildman–Crippen MR) is 110 cm³/mol. The molecule has 1 aromatic carbocycles. The van der Waals surface area contributed by atoms with Crippen LogP contribution in [0.1, 0.15) is 29.5 Å². The van der Waals surface area contributed by atoms with Crippen LogP contribution in [0.3, 0.4) is 0 Å². The Morgan fingerprint density at radius 2 is 1.88 bits per heavy atom. The zero-order valence-electron chi connectivity index (χ0n) is 16.7. The average molecular weight is 475 g/mol. The van der Waals surface area contributed by atoms with E-state index in [4.69, 9.17) is 6.42 Å². The molecule has 11 heteroatoms. The number of likely N-dealkylation sites (tertiary alicyclic amines) is 1. The predicted octanol–water partition coefficient (Wildman–Crippen LogP) is 5.31. The molecule has 2 aliphatic rings. The van der Waals surface area contributed by atoms with Gasteiger partial charge in [-0.25, -0.2) is 0 Å². The Labute approximate surface area is 185 Å². The van der Waals surface area contributed by atoms with Crippen LogP contribution >= 0.6 is 11.8 Å². The molecule has 1 saturated heterocycles. The molecule has 2 heterocycles. The molecule has 0 aromatic heterocycles. The highest BCUT2D eigenvalue weighted by molar-refractivity contribution is 8.18. The lowest BCUT2D eigenvalue weighted by Gasteiger charge is -2.31. The number of rotatable bonds is 4. The normalized spacial score (nSPS) is 19.8. The van der Waals surface area contributed by atoms with Gasteiger partial charge < -0.3 is 5.32 Å². The third-order valence-electron chi connectivity index (χ3n) is 5.15. The fraction of sp³-hybridized carbons (Fsp3) is 0.429. The molecule has 0 atom stereocenters. The Morgan fingerprint density at radius 1 is 1.19 bits per heavy atom. The Bertz CT molecular complexity index is 969. The fourth-order valence-corrected chi connectivity index (χ4v) is 4.37. The maximum Gasteiger partial charge on any atom is 0.416 e. The van der Waals surface area contributed by atoms with Gasteiger partial charge in [-0.1, -0.05) is 18.1 Å². The van der Waals surface area contributed by atoms with E-state index in [1.807, 2.05) is 6.08 Å². The Morgan fingerprint density at radius 3 is 2.47 bits per heavy atom. The van der Waals surface area contributed by atoms with Gasteiger partial charge in [-0.15, -0.1) is 6.42 Å². The van der Waals surface area contributed by atoms with Crippen LogP contribution in [0.2, 0.25) is 0 Å². The number of terminal acetylenes is 1. The smallest absolute Gasteiger partial charge is 0.358 e. The third-order valence-corrected chi connectivity index (χ3v) is 5.96. The number of hydrogen-bond acceptors (Lipinski definition) is 4. The van der Waals surface area contributed by atoms with E-state index in [-0.39, 0.29) is 35.9 Å². The van der Waals surface area contributed by atoms with Gasteiger partial charge in [0.1, 0.15) is 5.84 Å². The Kier molecular flexibility index (Phi) is 7.25. The molecule has 1 amide bonds. The number of amides is 1. The van der Waals surface area contributed by atoms with Gasteiger partial charge in [0, 0.05) is 6.54 Å². The van der Waals surface area contributed by atoms with Gasteiger partial charge in [-0.05, 0) is 61.3 Å². The molecule has 1 aromatic rings. The van der Waals surface area contributed by atoms with Gasteiger partial charge in [0.2, 0.25) is 0 Å². The summed E-state index contributed by atoms with van der Waals surface area (Å²) in [5.74, 6) is 2.91. The summed E-state index contributed by atoms with van der Waals surface area (Å²) in [6.45, 7) is 1.06. The van der Waals surface area contributed by atoms with E-state index < -0.39 is 23.5 Å². The first-order chi connectivity index (χ1) is 15.0. The van der Waals surface area contributed by atoms with Crippen molar-refractivity contribution < 1.29 is 31.1 Å². The number of nitrogens with zero attached hydrogens (tertiary/aromatic N) is 2. The van der Waals surface area contributed by atoms with E-state index in [0.717, 1.165) is 17.8 Å². The van der Waals surface area contributed by atoms with Gasteiger partial charge in [0.05, 0.1) is 22.6 Å². The number of allylic oxidation sites excluding steroid dienone is 1. The van der Waals surface area contributed by atoms with Gasteiger partial charge in [0.25, 0.3) is 0 Å². The topological polar surface area (TPSA) is 44.7 Å². The number of halogens is 6. The molecule has 1 fully saturated rings. The van der Waals surface area contributed by atoms with Crippen molar-refractivity contribution >= 4 is 22.8 Å². The number of benzene rings is 1. The number of alkyl halides is 6. The molecule has 3 rings (SSSR count). The molecule has 1 N–H and O–H groups in total. The van der Waals surface area contributed by atoms with Crippen molar-refractivity contribution in [3.8, 4) is 12.3 Å². The summed E-state index contributed by atoms with van der Waals surface area (Å²) in [5, 5.41) is 2.53. The Hall–Kier alpha value is -2.45. The minimum Gasteiger partial charge on any atom is -0.358 e. The highest BCUT2D eigenvalue weighted by Crippen LogP contribution is 2.38. The highest BCUT2D eigenvalue weighted by atomic mass is 32.2. The van der Waals surface area contributed by atoms with Crippen LogP contribution in [0, 0.1) is 18.3 Å². The summed E-state index contributed by atoms with van der Waals surface area (Å²) in [6.07, 6.45) is -1.36. The SMILES string of the molecule is C#CCNC1=NC(=O)SC1=CC1CCN(Cc2ccc(C(F)(F)F)cc2C(F)(F)F)CC1. The lowest BCUT2D eigenvalue weighted by atomic mass is 9.95. The van der Waals surface area contributed by atoms with Crippen LogP contribution in [0.4, 0.5) is 31.1 Å². The van der Waals surface area contributed by atoms with Crippen LogP contribution < -0.4 is 5.32 Å². The summed E-state index contributed by atoms with van der Waals surface area (Å²) >= 11 is 0.986. The molecule has 0 spiro atoms.